The Kier molecular flexibility index (Phi) is 4.93. The molecule has 0 radical (unpaired) electrons. The Hall–Kier alpha value is -1.13. The maximum absolute atomic E-state index is 11.5. The van der Waals surface area contributed by atoms with Gasteiger partial charge in [0.2, 0.25) is 0 Å². The van der Waals surface area contributed by atoms with Gasteiger partial charge in [-0.2, -0.15) is 9.61 Å². The fourth-order valence-corrected chi connectivity index (χ4v) is 4.54. The van der Waals surface area contributed by atoms with Gasteiger partial charge >= 0.3 is 0 Å². The Morgan fingerprint density at radius 2 is 2.26 bits per heavy atom. The number of aliphatic hydroxyl groups excluding tert-OH is 1. The molecule has 1 aliphatic rings. The number of rotatable bonds is 5. The summed E-state index contributed by atoms with van der Waals surface area (Å²) < 4.78 is 18.7. The Bertz CT molecular complexity index is 723. The molecule has 3 rings (SSSR count). The highest BCUT2D eigenvalue weighted by atomic mass is 31.1. The molecule has 2 aromatic heterocycles. The molecule has 0 aromatic carbocycles. The van der Waals surface area contributed by atoms with Gasteiger partial charge in [-0.05, 0) is 20.3 Å². The summed E-state index contributed by atoms with van der Waals surface area (Å²) in [5.41, 5.74) is 2.33. The third kappa shape index (κ3) is 3.11. The van der Waals surface area contributed by atoms with Crippen molar-refractivity contribution in [1.82, 2.24) is 14.6 Å². The second-order valence-corrected chi connectivity index (χ2v) is 7.04. The molecule has 0 amide bonds. The molecule has 23 heavy (non-hydrogen) atoms. The highest BCUT2D eigenvalue weighted by Gasteiger charge is 2.44. The van der Waals surface area contributed by atoms with Gasteiger partial charge in [0.05, 0.1) is 23.5 Å². The summed E-state index contributed by atoms with van der Waals surface area (Å²) in [7, 11) is 2.24. The van der Waals surface area contributed by atoms with Crippen molar-refractivity contribution < 1.29 is 14.2 Å². The van der Waals surface area contributed by atoms with Crippen LogP contribution in [0.1, 0.15) is 17.8 Å². The van der Waals surface area contributed by atoms with E-state index in [1.807, 2.05) is 26.0 Å². The second kappa shape index (κ2) is 6.78. The van der Waals surface area contributed by atoms with E-state index < -0.39 is 0 Å². The lowest BCUT2D eigenvalue weighted by atomic mass is 10.1. The summed E-state index contributed by atoms with van der Waals surface area (Å²) in [5, 5.41) is 17.4. The zero-order chi connectivity index (χ0) is 16.6. The number of anilines is 1. The number of nitrogens with one attached hydrogen (secondary N) is 1. The molecule has 1 fully saturated rings. The number of aromatic nitrogens is 3. The molecule has 5 atom stereocenters. The maximum atomic E-state index is 11.5. The average Bonchev–Trinajstić information content (AvgIpc) is 3.05. The number of hydrogen-bond acceptors (Lipinski definition) is 6. The SMILES string of the molecule is Cc1cc(N[C@@H]2C[C@H](CO)[C@@H](P=O)[C@H]2OP)n2nc(C)cc2n1. The molecule has 0 saturated heterocycles. The lowest BCUT2D eigenvalue weighted by Gasteiger charge is -2.22. The minimum Gasteiger partial charge on any atom is -0.396 e. The number of hydrogen-bond donors (Lipinski definition) is 2. The van der Waals surface area contributed by atoms with Gasteiger partial charge in [0.1, 0.15) is 5.82 Å². The summed E-state index contributed by atoms with van der Waals surface area (Å²) in [6.45, 7) is 3.85. The molecule has 0 aliphatic heterocycles. The van der Waals surface area contributed by atoms with E-state index in [2.05, 4.69) is 24.9 Å². The predicted octanol–water partition coefficient (Wildman–Crippen LogP) is 1.97. The molecular weight excluding hydrogens is 334 g/mol. The highest BCUT2D eigenvalue weighted by Crippen LogP contribution is 2.38. The van der Waals surface area contributed by atoms with Crippen molar-refractivity contribution in [3.05, 3.63) is 23.5 Å². The van der Waals surface area contributed by atoms with E-state index >= 15 is 0 Å². The van der Waals surface area contributed by atoms with Crippen LogP contribution in [-0.4, -0.2) is 44.1 Å². The fourth-order valence-electron chi connectivity index (χ4n) is 3.26. The van der Waals surface area contributed by atoms with Crippen molar-refractivity contribution in [2.45, 2.75) is 38.1 Å². The number of fused-ring (bicyclic) bond motifs is 1. The molecule has 2 heterocycles. The van der Waals surface area contributed by atoms with Crippen LogP contribution in [0.3, 0.4) is 0 Å². The minimum absolute atomic E-state index is 0.00392. The predicted molar refractivity (Wildman–Crippen MR) is 91.0 cm³/mol. The fraction of sp³-hybridized carbons (Fsp3) is 0.571. The molecule has 1 saturated carbocycles. The van der Waals surface area contributed by atoms with Gasteiger partial charge in [-0.25, -0.2) is 4.98 Å². The first kappa shape index (κ1) is 16.7. The lowest BCUT2D eigenvalue weighted by Crippen LogP contribution is -2.34. The van der Waals surface area contributed by atoms with Crippen LogP contribution in [-0.2, 0) is 9.09 Å². The first-order chi connectivity index (χ1) is 11.1. The summed E-state index contributed by atoms with van der Waals surface area (Å²) in [6, 6.07) is 3.78. The Labute approximate surface area is 138 Å². The van der Waals surface area contributed by atoms with E-state index in [0.29, 0.717) is 6.42 Å². The Morgan fingerprint density at radius 3 is 2.91 bits per heavy atom. The quantitative estimate of drug-likeness (QED) is 0.798. The first-order valence-electron chi connectivity index (χ1n) is 7.46. The number of aliphatic hydroxyl groups is 1. The van der Waals surface area contributed by atoms with Crippen LogP contribution in [0.4, 0.5) is 5.82 Å². The largest absolute Gasteiger partial charge is 0.396 e. The molecule has 124 valence electrons. The summed E-state index contributed by atoms with van der Waals surface area (Å²) in [6.07, 6.45) is 0.412. The molecule has 7 nitrogen and oxygen atoms in total. The molecule has 1 unspecified atom stereocenters. The van der Waals surface area contributed by atoms with Crippen molar-refractivity contribution in [2.24, 2.45) is 5.92 Å². The van der Waals surface area contributed by atoms with E-state index in [0.717, 1.165) is 22.9 Å². The van der Waals surface area contributed by atoms with Crippen molar-refractivity contribution in [3.63, 3.8) is 0 Å². The second-order valence-electron chi connectivity index (χ2n) is 5.96. The third-order valence-electron chi connectivity index (χ3n) is 4.30. The van der Waals surface area contributed by atoms with Crippen molar-refractivity contribution in [3.8, 4) is 0 Å². The summed E-state index contributed by atoms with van der Waals surface area (Å²) in [4.78, 5) is 4.47. The van der Waals surface area contributed by atoms with Crippen molar-refractivity contribution >= 4 is 29.4 Å². The third-order valence-corrected chi connectivity index (χ3v) is 5.57. The maximum Gasteiger partial charge on any atom is 0.161 e. The highest BCUT2D eigenvalue weighted by molar-refractivity contribution is 7.25. The summed E-state index contributed by atoms with van der Waals surface area (Å²) in [5.74, 6) is 0.757. The molecule has 1 aliphatic carbocycles. The van der Waals surface area contributed by atoms with Crippen LogP contribution in [0.15, 0.2) is 12.1 Å². The van der Waals surface area contributed by atoms with E-state index in [4.69, 9.17) is 4.52 Å². The number of nitrogens with zero attached hydrogens (tertiary/aromatic N) is 3. The molecule has 2 N–H and O–H groups in total. The lowest BCUT2D eigenvalue weighted by molar-refractivity contribution is 0.204. The van der Waals surface area contributed by atoms with Crippen molar-refractivity contribution in [1.29, 1.82) is 0 Å². The van der Waals surface area contributed by atoms with Crippen LogP contribution in [0.5, 0.6) is 0 Å². The molecular formula is C14H20N4O3P2. The molecule has 0 spiro atoms. The first-order valence-corrected chi connectivity index (χ1v) is 8.82. The zero-order valence-corrected chi connectivity index (χ0v) is 15.1. The monoisotopic (exact) mass is 354 g/mol. The van der Waals surface area contributed by atoms with Gasteiger partial charge in [0.15, 0.2) is 14.1 Å². The molecule has 0 bridgehead atoms. The minimum atomic E-state index is -0.267. The number of aryl methyl sites for hydroxylation is 2. The van der Waals surface area contributed by atoms with E-state index in [1.54, 1.807) is 4.52 Å². The van der Waals surface area contributed by atoms with Crippen LogP contribution in [0, 0.1) is 19.8 Å². The molecule has 9 heteroatoms. The topological polar surface area (TPSA) is 88.8 Å². The van der Waals surface area contributed by atoms with Gasteiger partial charge in [-0.1, -0.05) is 0 Å². The van der Waals surface area contributed by atoms with E-state index in [1.165, 1.54) is 0 Å². The standard InChI is InChI=1S/C14H20N4O3P2/c1-7-3-12(18-11(15-7)4-8(2)17-18)16-10-5-9(6-19)14(23-20)13(10)21-22/h3-4,9-10,13-14,16,19H,5-6,22H2,1-2H3/t9-,10-,13+,14-/m1/s1. The van der Waals surface area contributed by atoms with Crippen LogP contribution in [0.25, 0.3) is 5.65 Å². The van der Waals surface area contributed by atoms with Crippen LogP contribution < -0.4 is 5.32 Å². The van der Waals surface area contributed by atoms with Crippen LogP contribution >= 0.6 is 17.9 Å². The van der Waals surface area contributed by atoms with Gasteiger partial charge in [0, 0.05) is 39.8 Å². The van der Waals surface area contributed by atoms with Gasteiger partial charge in [0.25, 0.3) is 0 Å². The van der Waals surface area contributed by atoms with E-state index in [9.17, 15) is 9.67 Å². The summed E-state index contributed by atoms with van der Waals surface area (Å²) >= 11 is 0. The van der Waals surface area contributed by atoms with E-state index in [-0.39, 0.29) is 38.8 Å². The average molecular weight is 354 g/mol. The Balaban J connectivity index is 1.93. The van der Waals surface area contributed by atoms with Gasteiger partial charge in [-0.3, -0.25) is 4.57 Å². The van der Waals surface area contributed by atoms with Crippen LogP contribution in [0.2, 0.25) is 0 Å². The normalized spacial score (nSPS) is 27.8. The van der Waals surface area contributed by atoms with Gasteiger partial charge < -0.3 is 14.9 Å². The Morgan fingerprint density at radius 1 is 1.48 bits per heavy atom. The van der Waals surface area contributed by atoms with Crippen molar-refractivity contribution in [2.75, 3.05) is 11.9 Å². The smallest absolute Gasteiger partial charge is 0.161 e. The molecule has 2 aromatic rings. The van der Waals surface area contributed by atoms with Gasteiger partial charge in [-0.15, -0.1) is 0 Å². The zero-order valence-electron chi connectivity index (χ0n) is 13.0.